The zero-order valence-corrected chi connectivity index (χ0v) is 12.5. The third-order valence-electron chi connectivity index (χ3n) is 3.69. The van der Waals surface area contributed by atoms with Crippen LogP contribution in [0.1, 0.15) is 22.0 Å². The van der Waals surface area contributed by atoms with Crippen LogP contribution in [0, 0.1) is 12.7 Å². The monoisotopic (exact) mass is 300 g/mol. The minimum atomic E-state index is -0.311. The van der Waals surface area contributed by atoms with Crippen LogP contribution in [-0.4, -0.2) is 17.0 Å². The largest absolute Gasteiger partial charge is 0.466 e. The number of carbonyl (C=O) groups is 1. The lowest BCUT2D eigenvalue weighted by atomic mass is 10.2. The lowest BCUT2D eigenvalue weighted by Gasteiger charge is -2.05. The first-order valence-corrected chi connectivity index (χ1v) is 7.13. The average molecular weight is 300 g/mol. The third-order valence-corrected chi connectivity index (χ3v) is 3.69. The van der Waals surface area contributed by atoms with Gasteiger partial charge < -0.3 is 14.3 Å². The number of rotatable bonds is 4. The SMILES string of the molecule is Cc1ccc(CCNC(=O)c2cc3ccc(F)cc3n2C)o1. The van der Waals surface area contributed by atoms with Crippen molar-refractivity contribution in [1.29, 1.82) is 0 Å². The summed E-state index contributed by atoms with van der Waals surface area (Å²) >= 11 is 0. The van der Waals surface area contributed by atoms with E-state index in [9.17, 15) is 9.18 Å². The molecule has 0 spiro atoms. The van der Waals surface area contributed by atoms with Crippen molar-refractivity contribution in [3.63, 3.8) is 0 Å². The molecule has 2 aromatic heterocycles. The van der Waals surface area contributed by atoms with E-state index in [4.69, 9.17) is 4.42 Å². The van der Waals surface area contributed by atoms with E-state index in [1.54, 1.807) is 23.7 Å². The summed E-state index contributed by atoms with van der Waals surface area (Å²) in [7, 11) is 1.76. The Morgan fingerprint density at radius 3 is 2.82 bits per heavy atom. The fourth-order valence-corrected chi connectivity index (χ4v) is 2.53. The van der Waals surface area contributed by atoms with Crippen LogP contribution in [-0.2, 0) is 13.5 Å². The molecule has 1 aromatic carbocycles. The average Bonchev–Trinajstić information content (AvgIpc) is 3.03. The van der Waals surface area contributed by atoms with Crippen LogP contribution in [0.2, 0.25) is 0 Å². The topological polar surface area (TPSA) is 47.2 Å². The van der Waals surface area contributed by atoms with Gasteiger partial charge in [-0.05, 0) is 43.3 Å². The summed E-state index contributed by atoms with van der Waals surface area (Å²) in [4.78, 5) is 12.3. The van der Waals surface area contributed by atoms with Gasteiger partial charge in [0, 0.05) is 25.4 Å². The van der Waals surface area contributed by atoms with Crippen LogP contribution in [0.5, 0.6) is 0 Å². The first kappa shape index (κ1) is 14.4. The lowest BCUT2D eigenvalue weighted by Crippen LogP contribution is -2.27. The summed E-state index contributed by atoms with van der Waals surface area (Å²) in [6, 6.07) is 10.1. The fourth-order valence-electron chi connectivity index (χ4n) is 2.53. The summed E-state index contributed by atoms with van der Waals surface area (Å²) in [6.07, 6.45) is 0.637. The van der Waals surface area contributed by atoms with Gasteiger partial charge in [-0.1, -0.05) is 0 Å². The number of hydrogen-bond acceptors (Lipinski definition) is 2. The lowest BCUT2D eigenvalue weighted by molar-refractivity contribution is 0.0946. The molecule has 3 aromatic rings. The highest BCUT2D eigenvalue weighted by Crippen LogP contribution is 2.19. The normalized spacial score (nSPS) is 11.0. The van der Waals surface area contributed by atoms with E-state index in [0.29, 0.717) is 24.2 Å². The molecule has 0 radical (unpaired) electrons. The number of aromatic nitrogens is 1. The number of aryl methyl sites for hydroxylation is 2. The molecule has 0 unspecified atom stereocenters. The van der Waals surface area contributed by atoms with Crippen molar-refractivity contribution in [2.24, 2.45) is 7.05 Å². The van der Waals surface area contributed by atoms with Crippen LogP contribution in [0.4, 0.5) is 4.39 Å². The van der Waals surface area contributed by atoms with E-state index >= 15 is 0 Å². The maximum Gasteiger partial charge on any atom is 0.267 e. The summed E-state index contributed by atoms with van der Waals surface area (Å²) in [6.45, 7) is 2.37. The molecule has 114 valence electrons. The first-order valence-electron chi connectivity index (χ1n) is 7.13. The standard InChI is InChI=1S/C17H17FN2O2/c1-11-3-6-14(22-11)7-8-19-17(21)16-9-12-4-5-13(18)10-15(12)20(16)2/h3-6,9-10H,7-8H2,1-2H3,(H,19,21). The van der Waals surface area contributed by atoms with E-state index in [-0.39, 0.29) is 11.7 Å². The van der Waals surface area contributed by atoms with Crippen molar-refractivity contribution < 1.29 is 13.6 Å². The molecule has 3 rings (SSSR count). The molecular weight excluding hydrogens is 283 g/mol. The van der Waals surface area contributed by atoms with E-state index in [1.165, 1.54) is 12.1 Å². The number of benzene rings is 1. The second-order valence-electron chi connectivity index (χ2n) is 5.31. The highest BCUT2D eigenvalue weighted by Gasteiger charge is 2.13. The predicted molar refractivity (Wildman–Crippen MR) is 82.4 cm³/mol. The Hall–Kier alpha value is -2.56. The quantitative estimate of drug-likeness (QED) is 0.804. The molecule has 0 aliphatic carbocycles. The van der Waals surface area contributed by atoms with E-state index in [0.717, 1.165) is 16.9 Å². The number of nitrogens with zero attached hydrogens (tertiary/aromatic N) is 1. The molecule has 22 heavy (non-hydrogen) atoms. The molecule has 0 saturated heterocycles. The Morgan fingerprint density at radius 1 is 1.27 bits per heavy atom. The van der Waals surface area contributed by atoms with E-state index in [2.05, 4.69) is 5.32 Å². The molecule has 0 aliphatic rings. The van der Waals surface area contributed by atoms with Gasteiger partial charge in [0.15, 0.2) is 0 Å². The predicted octanol–water partition coefficient (Wildman–Crippen LogP) is 3.19. The van der Waals surface area contributed by atoms with Crippen molar-refractivity contribution in [2.45, 2.75) is 13.3 Å². The van der Waals surface area contributed by atoms with Gasteiger partial charge in [-0.3, -0.25) is 4.79 Å². The van der Waals surface area contributed by atoms with Gasteiger partial charge in [-0.15, -0.1) is 0 Å². The second kappa shape index (κ2) is 5.67. The van der Waals surface area contributed by atoms with Crippen molar-refractivity contribution in [3.05, 3.63) is 59.4 Å². The fraction of sp³-hybridized carbons (Fsp3) is 0.235. The highest BCUT2D eigenvalue weighted by molar-refractivity contribution is 5.98. The molecule has 5 heteroatoms. The number of nitrogens with one attached hydrogen (secondary N) is 1. The van der Waals surface area contributed by atoms with E-state index < -0.39 is 0 Å². The molecule has 1 N–H and O–H groups in total. The number of furan rings is 1. The first-order chi connectivity index (χ1) is 10.5. The Balaban J connectivity index is 1.71. The molecule has 4 nitrogen and oxygen atoms in total. The molecule has 2 heterocycles. The Labute approximate surface area is 127 Å². The van der Waals surface area contributed by atoms with Gasteiger partial charge in [0.2, 0.25) is 0 Å². The van der Waals surface area contributed by atoms with Crippen LogP contribution >= 0.6 is 0 Å². The van der Waals surface area contributed by atoms with Crippen LogP contribution in [0.15, 0.2) is 40.8 Å². The van der Waals surface area contributed by atoms with Gasteiger partial charge in [-0.2, -0.15) is 0 Å². The summed E-state index contributed by atoms with van der Waals surface area (Å²) in [5.74, 6) is 1.21. The van der Waals surface area contributed by atoms with Crippen molar-refractivity contribution in [3.8, 4) is 0 Å². The smallest absolute Gasteiger partial charge is 0.267 e. The molecule has 0 aliphatic heterocycles. The van der Waals surface area contributed by atoms with Crippen LogP contribution in [0.25, 0.3) is 10.9 Å². The van der Waals surface area contributed by atoms with Crippen LogP contribution < -0.4 is 5.32 Å². The minimum Gasteiger partial charge on any atom is -0.466 e. The number of fused-ring (bicyclic) bond motifs is 1. The summed E-state index contributed by atoms with van der Waals surface area (Å²) in [5.41, 5.74) is 1.21. The van der Waals surface area contributed by atoms with Crippen molar-refractivity contribution in [1.82, 2.24) is 9.88 Å². The summed E-state index contributed by atoms with van der Waals surface area (Å²) in [5, 5.41) is 3.70. The molecule has 1 amide bonds. The zero-order valence-electron chi connectivity index (χ0n) is 12.5. The highest BCUT2D eigenvalue weighted by atomic mass is 19.1. The van der Waals surface area contributed by atoms with Gasteiger partial charge in [-0.25, -0.2) is 4.39 Å². The maximum atomic E-state index is 13.3. The Bertz CT molecular complexity index is 832. The molecule has 0 atom stereocenters. The summed E-state index contributed by atoms with van der Waals surface area (Å²) < 4.78 is 20.5. The van der Waals surface area contributed by atoms with Crippen molar-refractivity contribution in [2.75, 3.05) is 6.54 Å². The second-order valence-corrected chi connectivity index (χ2v) is 5.31. The molecular formula is C17H17FN2O2. The van der Waals surface area contributed by atoms with Gasteiger partial charge in [0.1, 0.15) is 23.0 Å². The Morgan fingerprint density at radius 2 is 2.09 bits per heavy atom. The van der Waals surface area contributed by atoms with Crippen molar-refractivity contribution >= 4 is 16.8 Å². The van der Waals surface area contributed by atoms with E-state index in [1.807, 2.05) is 19.1 Å². The maximum absolute atomic E-state index is 13.3. The van der Waals surface area contributed by atoms with Gasteiger partial charge in [0.25, 0.3) is 5.91 Å². The molecule has 0 fully saturated rings. The zero-order chi connectivity index (χ0) is 15.7. The molecule has 0 bridgehead atoms. The number of amides is 1. The number of hydrogen-bond donors (Lipinski definition) is 1. The number of halogens is 1. The Kier molecular flexibility index (Phi) is 3.71. The minimum absolute atomic E-state index is 0.178. The van der Waals surface area contributed by atoms with Gasteiger partial charge >= 0.3 is 0 Å². The van der Waals surface area contributed by atoms with Gasteiger partial charge in [0.05, 0.1) is 5.52 Å². The molecule has 0 saturated carbocycles. The van der Waals surface area contributed by atoms with Crippen LogP contribution in [0.3, 0.4) is 0 Å². The third kappa shape index (κ3) is 2.74. The number of carbonyl (C=O) groups excluding carboxylic acids is 1.